The van der Waals surface area contributed by atoms with Gasteiger partial charge in [-0.2, -0.15) is 0 Å². The predicted octanol–water partition coefficient (Wildman–Crippen LogP) is 3.19. The quantitative estimate of drug-likeness (QED) is 0.580. The van der Waals surface area contributed by atoms with Gasteiger partial charge in [0.05, 0.1) is 0 Å². The average molecular weight is 267 g/mol. The van der Waals surface area contributed by atoms with Crippen molar-refractivity contribution in [1.82, 2.24) is 4.90 Å². The minimum atomic E-state index is -0.422. The molecule has 0 aromatic carbocycles. The number of rotatable bonds is 4. The SMILES string of the molecule is CC(C)(C)OC(=O)N1CCC(CCCC=C=O)CC1. The molecule has 1 saturated heterocycles. The molecule has 4 nitrogen and oxygen atoms in total. The third-order valence-electron chi connectivity index (χ3n) is 3.31. The summed E-state index contributed by atoms with van der Waals surface area (Å²) in [6, 6.07) is 0. The number of likely N-dealkylation sites (tertiary alicyclic amines) is 1. The summed E-state index contributed by atoms with van der Waals surface area (Å²) < 4.78 is 5.36. The molecule has 0 unspecified atom stereocenters. The number of amides is 1. The minimum absolute atomic E-state index is 0.199. The fraction of sp³-hybridized carbons (Fsp3) is 0.800. The van der Waals surface area contributed by atoms with Crippen molar-refractivity contribution in [1.29, 1.82) is 0 Å². The highest BCUT2D eigenvalue weighted by Crippen LogP contribution is 2.23. The van der Waals surface area contributed by atoms with E-state index in [0.717, 1.165) is 45.2 Å². The van der Waals surface area contributed by atoms with Crippen molar-refractivity contribution in [3.05, 3.63) is 6.08 Å². The standard InChI is InChI=1S/C15H25NO3/c1-15(2,3)19-14(18)16-10-8-13(9-11-16)7-5-4-6-12-17/h6,13H,4-5,7-11H2,1-3H3. The van der Waals surface area contributed by atoms with Crippen LogP contribution in [-0.2, 0) is 9.53 Å². The van der Waals surface area contributed by atoms with Crippen LogP contribution in [0.25, 0.3) is 0 Å². The van der Waals surface area contributed by atoms with E-state index in [1.165, 1.54) is 0 Å². The molecule has 0 aromatic heterocycles. The number of ether oxygens (including phenoxy) is 1. The zero-order valence-electron chi connectivity index (χ0n) is 12.3. The van der Waals surface area contributed by atoms with Gasteiger partial charge in [-0.15, -0.1) is 0 Å². The lowest BCUT2D eigenvalue weighted by Crippen LogP contribution is -2.41. The van der Waals surface area contributed by atoms with E-state index >= 15 is 0 Å². The minimum Gasteiger partial charge on any atom is -0.444 e. The van der Waals surface area contributed by atoms with Crippen molar-refractivity contribution in [3.63, 3.8) is 0 Å². The Kier molecular flexibility index (Phi) is 6.10. The lowest BCUT2D eigenvalue weighted by atomic mass is 9.92. The summed E-state index contributed by atoms with van der Waals surface area (Å²) >= 11 is 0. The zero-order valence-corrected chi connectivity index (χ0v) is 12.3. The van der Waals surface area contributed by atoms with Gasteiger partial charge in [-0.05, 0) is 64.9 Å². The van der Waals surface area contributed by atoms with Gasteiger partial charge in [0.1, 0.15) is 11.5 Å². The molecular formula is C15H25NO3. The summed E-state index contributed by atoms with van der Waals surface area (Å²) in [7, 11) is 0. The van der Waals surface area contributed by atoms with Gasteiger partial charge >= 0.3 is 6.09 Å². The molecule has 4 heteroatoms. The maximum Gasteiger partial charge on any atom is 0.410 e. The number of nitrogens with zero attached hydrogens (tertiary/aromatic N) is 1. The number of hydrogen-bond acceptors (Lipinski definition) is 3. The van der Waals surface area contributed by atoms with E-state index in [-0.39, 0.29) is 6.09 Å². The maximum atomic E-state index is 11.9. The average Bonchev–Trinajstić information content (AvgIpc) is 2.33. The lowest BCUT2D eigenvalue weighted by Gasteiger charge is -2.33. The molecule has 0 aliphatic carbocycles. The molecule has 1 aliphatic rings. The first-order valence-electron chi connectivity index (χ1n) is 7.09. The fourth-order valence-corrected chi connectivity index (χ4v) is 2.30. The van der Waals surface area contributed by atoms with Crippen molar-refractivity contribution >= 4 is 12.0 Å². The first-order valence-corrected chi connectivity index (χ1v) is 7.09. The van der Waals surface area contributed by atoms with Gasteiger partial charge in [-0.25, -0.2) is 9.59 Å². The van der Waals surface area contributed by atoms with Crippen LogP contribution < -0.4 is 0 Å². The van der Waals surface area contributed by atoms with Crippen molar-refractivity contribution in [3.8, 4) is 0 Å². The van der Waals surface area contributed by atoms with Gasteiger partial charge in [-0.3, -0.25) is 0 Å². The van der Waals surface area contributed by atoms with Gasteiger partial charge < -0.3 is 9.64 Å². The molecular weight excluding hydrogens is 242 g/mol. The molecule has 1 amide bonds. The van der Waals surface area contributed by atoms with Gasteiger partial charge in [0.15, 0.2) is 0 Å². The normalized spacial score (nSPS) is 16.9. The van der Waals surface area contributed by atoms with Crippen molar-refractivity contribution < 1.29 is 14.3 Å². The van der Waals surface area contributed by atoms with E-state index in [4.69, 9.17) is 4.74 Å². The number of carbonyl (C=O) groups excluding carboxylic acids is 2. The molecule has 19 heavy (non-hydrogen) atoms. The fourth-order valence-electron chi connectivity index (χ4n) is 2.30. The number of unbranched alkanes of at least 4 members (excludes halogenated alkanes) is 1. The van der Waals surface area contributed by atoms with Crippen LogP contribution in [-0.4, -0.2) is 35.6 Å². The number of carbonyl (C=O) groups is 1. The Morgan fingerprint density at radius 1 is 1.37 bits per heavy atom. The molecule has 0 saturated carbocycles. The molecule has 1 heterocycles. The Balaban J connectivity index is 2.25. The molecule has 0 aromatic rings. The maximum absolute atomic E-state index is 11.9. The van der Waals surface area contributed by atoms with E-state index in [1.54, 1.807) is 16.9 Å². The Bertz CT molecular complexity index is 332. The van der Waals surface area contributed by atoms with Crippen LogP contribution in [0.3, 0.4) is 0 Å². The smallest absolute Gasteiger partial charge is 0.410 e. The van der Waals surface area contributed by atoms with Crippen LogP contribution in [0.15, 0.2) is 6.08 Å². The predicted molar refractivity (Wildman–Crippen MR) is 74.6 cm³/mol. The molecule has 0 atom stereocenters. The van der Waals surface area contributed by atoms with Crippen LogP contribution in [0.4, 0.5) is 4.79 Å². The Hall–Kier alpha value is -1.28. The van der Waals surface area contributed by atoms with Gasteiger partial charge in [0.25, 0.3) is 0 Å². The van der Waals surface area contributed by atoms with E-state index in [0.29, 0.717) is 5.92 Å². The van der Waals surface area contributed by atoms with Crippen LogP contribution in [0.2, 0.25) is 0 Å². The molecule has 0 spiro atoms. The van der Waals surface area contributed by atoms with Crippen LogP contribution in [0.1, 0.15) is 52.9 Å². The van der Waals surface area contributed by atoms with Gasteiger partial charge in [-0.1, -0.05) is 0 Å². The second kappa shape index (κ2) is 7.34. The van der Waals surface area contributed by atoms with Crippen LogP contribution in [0.5, 0.6) is 0 Å². The van der Waals surface area contributed by atoms with E-state index in [2.05, 4.69) is 0 Å². The molecule has 1 aliphatic heterocycles. The summed E-state index contributed by atoms with van der Waals surface area (Å²) in [6.07, 6.45) is 6.39. The number of hydrogen-bond donors (Lipinski definition) is 0. The molecule has 108 valence electrons. The highest BCUT2D eigenvalue weighted by atomic mass is 16.6. The number of allylic oxidation sites excluding steroid dienone is 1. The van der Waals surface area contributed by atoms with Crippen LogP contribution in [0, 0.1) is 5.92 Å². The van der Waals surface area contributed by atoms with Crippen molar-refractivity contribution in [2.75, 3.05) is 13.1 Å². The second-order valence-electron chi connectivity index (χ2n) is 6.16. The summed E-state index contributed by atoms with van der Waals surface area (Å²) in [5, 5.41) is 0. The Morgan fingerprint density at radius 2 is 2.00 bits per heavy atom. The number of piperidine rings is 1. The Morgan fingerprint density at radius 3 is 2.53 bits per heavy atom. The molecule has 0 radical (unpaired) electrons. The molecule has 0 N–H and O–H groups in total. The van der Waals surface area contributed by atoms with Gasteiger partial charge in [0.2, 0.25) is 0 Å². The van der Waals surface area contributed by atoms with E-state index in [9.17, 15) is 9.59 Å². The van der Waals surface area contributed by atoms with E-state index in [1.807, 2.05) is 20.8 Å². The molecule has 0 bridgehead atoms. The summed E-state index contributed by atoms with van der Waals surface area (Å²) in [5.41, 5.74) is -0.422. The summed E-state index contributed by atoms with van der Waals surface area (Å²) in [4.78, 5) is 23.7. The first-order chi connectivity index (χ1) is 8.92. The van der Waals surface area contributed by atoms with Crippen molar-refractivity contribution in [2.24, 2.45) is 5.92 Å². The third kappa shape index (κ3) is 6.44. The highest BCUT2D eigenvalue weighted by Gasteiger charge is 2.26. The van der Waals surface area contributed by atoms with Gasteiger partial charge in [0, 0.05) is 13.1 Å². The van der Waals surface area contributed by atoms with E-state index < -0.39 is 5.60 Å². The topological polar surface area (TPSA) is 46.6 Å². The monoisotopic (exact) mass is 267 g/mol. The molecule has 1 rings (SSSR count). The largest absolute Gasteiger partial charge is 0.444 e. The second-order valence-corrected chi connectivity index (χ2v) is 6.16. The Labute approximate surface area is 115 Å². The summed E-state index contributed by atoms with van der Waals surface area (Å²) in [6.45, 7) is 7.22. The highest BCUT2D eigenvalue weighted by molar-refractivity contribution is 5.68. The zero-order chi connectivity index (χ0) is 14.3. The summed E-state index contributed by atoms with van der Waals surface area (Å²) in [5.74, 6) is 2.47. The first kappa shape index (κ1) is 15.8. The van der Waals surface area contributed by atoms with Crippen molar-refractivity contribution in [2.45, 2.75) is 58.5 Å². The molecule has 1 fully saturated rings. The third-order valence-corrected chi connectivity index (χ3v) is 3.31. The van der Waals surface area contributed by atoms with Crippen LogP contribution >= 0.6 is 0 Å². The lowest BCUT2D eigenvalue weighted by molar-refractivity contribution is 0.0180.